The monoisotopic (exact) mass is 231 g/mol. The van der Waals surface area contributed by atoms with E-state index in [9.17, 15) is 4.79 Å². The Morgan fingerprint density at radius 1 is 1.47 bits per heavy atom. The van der Waals surface area contributed by atoms with Crippen LogP contribution in [-0.2, 0) is 4.79 Å². The van der Waals surface area contributed by atoms with Crippen molar-refractivity contribution in [3.63, 3.8) is 0 Å². The highest BCUT2D eigenvalue weighted by Gasteiger charge is 2.45. The zero-order valence-electron chi connectivity index (χ0n) is 9.27. The van der Waals surface area contributed by atoms with Crippen LogP contribution in [-0.4, -0.2) is 18.1 Å². The smallest absolute Gasteiger partial charge is 0.244 e. The average molecular weight is 231 g/mol. The Labute approximate surface area is 99.2 Å². The van der Waals surface area contributed by atoms with Gasteiger partial charge in [0.2, 0.25) is 5.91 Å². The second-order valence-corrected chi connectivity index (χ2v) is 4.08. The van der Waals surface area contributed by atoms with Gasteiger partial charge in [0.05, 0.1) is 5.54 Å². The topological polar surface area (TPSA) is 88.1 Å². The Hall–Kier alpha value is -2.06. The first kappa shape index (κ1) is 11.4. The van der Waals surface area contributed by atoms with Crippen LogP contribution in [0.25, 0.3) is 0 Å². The molecule has 5 nitrogen and oxygen atoms in total. The molecular weight excluding hydrogens is 218 g/mol. The molecule has 0 aromatic heterocycles. The minimum Gasteiger partial charge on any atom is -0.479 e. The molecule has 1 aliphatic rings. The van der Waals surface area contributed by atoms with Gasteiger partial charge in [-0.15, -0.1) is 0 Å². The highest BCUT2D eigenvalue weighted by atomic mass is 16.5. The number of anilines is 1. The van der Waals surface area contributed by atoms with E-state index < -0.39 is 5.54 Å². The van der Waals surface area contributed by atoms with E-state index in [1.54, 1.807) is 24.3 Å². The number of hydrogen-bond donors (Lipinski definition) is 2. The number of nitrogens with one attached hydrogen (secondary N) is 1. The minimum absolute atomic E-state index is 0.0115. The summed E-state index contributed by atoms with van der Waals surface area (Å²) in [5, 5.41) is 11.1. The van der Waals surface area contributed by atoms with Crippen LogP contribution in [0.3, 0.4) is 0 Å². The lowest BCUT2D eigenvalue weighted by molar-refractivity contribution is -0.118. The Bertz CT molecular complexity index is 458. The Balaban J connectivity index is 1.94. The summed E-state index contributed by atoms with van der Waals surface area (Å²) in [5.41, 5.74) is 5.77. The standard InChI is InChI=1S/C12H13N3O2/c13-7-8-17-10-3-1-9(2-4-10)15-11(16)12(14)5-6-12/h1-4H,5-6,8,14H2,(H,15,16). The molecular formula is C12H13N3O2. The third-order valence-electron chi connectivity index (χ3n) is 2.66. The van der Waals surface area contributed by atoms with Crippen LogP contribution in [0.4, 0.5) is 5.69 Å². The summed E-state index contributed by atoms with van der Waals surface area (Å²) in [4.78, 5) is 11.6. The summed E-state index contributed by atoms with van der Waals surface area (Å²) in [7, 11) is 0. The highest BCUT2D eigenvalue weighted by molar-refractivity contribution is 6.00. The quantitative estimate of drug-likeness (QED) is 0.809. The number of rotatable bonds is 4. The molecule has 0 spiro atoms. The third-order valence-corrected chi connectivity index (χ3v) is 2.66. The third kappa shape index (κ3) is 2.74. The second-order valence-electron chi connectivity index (χ2n) is 4.08. The molecule has 0 bridgehead atoms. The first-order valence-corrected chi connectivity index (χ1v) is 5.34. The van der Waals surface area contributed by atoms with Gasteiger partial charge in [0.15, 0.2) is 6.61 Å². The van der Waals surface area contributed by atoms with Gasteiger partial charge in [-0.2, -0.15) is 5.26 Å². The fraction of sp³-hybridized carbons (Fsp3) is 0.333. The van der Waals surface area contributed by atoms with Crippen LogP contribution in [0, 0.1) is 11.3 Å². The number of carbonyl (C=O) groups excluding carboxylic acids is 1. The number of carbonyl (C=O) groups is 1. The Kier molecular flexibility index (Phi) is 2.98. The predicted octanol–water partition coefficient (Wildman–Crippen LogP) is 1.02. The van der Waals surface area contributed by atoms with Crippen molar-refractivity contribution in [2.24, 2.45) is 5.73 Å². The largest absolute Gasteiger partial charge is 0.479 e. The van der Waals surface area contributed by atoms with Crippen molar-refractivity contribution in [1.29, 1.82) is 5.26 Å². The fourth-order valence-corrected chi connectivity index (χ4v) is 1.37. The summed E-state index contributed by atoms with van der Waals surface area (Å²) in [5.74, 6) is 0.446. The molecule has 88 valence electrons. The summed E-state index contributed by atoms with van der Waals surface area (Å²) >= 11 is 0. The molecule has 0 heterocycles. The molecule has 1 aromatic rings. The van der Waals surface area contributed by atoms with Crippen LogP contribution < -0.4 is 15.8 Å². The summed E-state index contributed by atoms with van der Waals surface area (Å²) < 4.78 is 5.10. The fourth-order valence-electron chi connectivity index (χ4n) is 1.37. The van der Waals surface area contributed by atoms with Crippen LogP contribution in [0.15, 0.2) is 24.3 Å². The van der Waals surface area contributed by atoms with E-state index in [0.717, 1.165) is 12.8 Å². The van der Waals surface area contributed by atoms with Crippen molar-refractivity contribution in [2.75, 3.05) is 11.9 Å². The van der Waals surface area contributed by atoms with E-state index in [0.29, 0.717) is 11.4 Å². The predicted molar refractivity (Wildman–Crippen MR) is 62.3 cm³/mol. The summed E-state index contributed by atoms with van der Waals surface area (Å²) in [6.07, 6.45) is 1.48. The van der Waals surface area contributed by atoms with Crippen LogP contribution >= 0.6 is 0 Å². The lowest BCUT2D eigenvalue weighted by Gasteiger charge is -2.10. The Morgan fingerprint density at radius 3 is 2.65 bits per heavy atom. The number of amides is 1. The highest BCUT2D eigenvalue weighted by Crippen LogP contribution is 2.33. The summed E-state index contributed by atoms with van der Waals surface area (Å²) in [6, 6.07) is 8.71. The van der Waals surface area contributed by atoms with Gasteiger partial charge >= 0.3 is 0 Å². The molecule has 1 fully saturated rings. The number of nitrogens with two attached hydrogens (primary N) is 1. The van der Waals surface area contributed by atoms with Gasteiger partial charge in [-0.05, 0) is 37.1 Å². The van der Waals surface area contributed by atoms with Gasteiger partial charge in [-0.3, -0.25) is 4.79 Å². The molecule has 1 amide bonds. The molecule has 1 aromatic carbocycles. The molecule has 5 heteroatoms. The molecule has 0 unspecified atom stereocenters. The van der Waals surface area contributed by atoms with Gasteiger partial charge in [-0.25, -0.2) is 0 Å². The zero-order chi connectivity index (χ0) is 12.3. The lowest BCUT2D eigenvalue weighted by atomic mass is 10.2. The van der Waals surface area contributed by atoms with E-state index >= 15 is 0 Å². The first-order chi connectivity index (χ1) is 8.14. The van der Waals surface area contributed by atoms with Crippen molar-refractivity contribution in [1.82, 2.24) is 0 Å². The molecule has 0 aliphatic heterocycles. The van der Waals surface area contributed by atoms with Crippen molar-refractivity contribution >= 4 is 11.6 Å². The van der Waals surface area contributed by atoms with Crippen molar-refractivity contribution in [2.45, 2.75) is 18.4 Å². The maximum absolute atomic E-state index is 11.6. The second kappa shape index (κ2) is 4.44. The van der Waals surface area contributed by atoms with E-state index in [2.05, 4.69) is 5.32 Å². The molecule has 0 atom stereocenters. The molecule has 17 heavy (non-hydrogen) atoms. The van der Waals surface area contributed by atoms with Crippen molar-refractivity contribution in [3.8, 4) is 11.8 Å². The van der Waals surface area contributed by atoms with Crippen LogP contribution in [0.1, 0.15) is 12.8 Å². The van der Waals surface area contributed by atoms with E-state index in [4.69, 9.17) is 15.7 Å². The first-order valence-electron chi connectivity index (χ1n) is 5.34. The van der Waals surface area contributed by atoms with Gasteiger partial charge in [0.25, 0.3) is 0 Å². The van der Waals surface area contributed by atoms with Crippen molar-refractivity contribution in [3.05, 3.63) is 24.3 Å². The maximum Gasteiger partial charge on any atom is 0.244 e. The van der Waals surface area contributed by atoms with E-state index in [1.807, 2.05) is 6.07 Å². The van der Waals surface area contributed by atoms with Gasteiger partial charge in [0.1, 0.15) is 11.8 Å². The van der Waals surface area contributed by atoms with Gasteiger partial charge in [-0.1, -0.05) is 0 Å². The molecule has 3 N–H and O–H groups in total. The molecule has 1 saturated carbocycles. The average Bonchev–Trinajstić information content (AvgIpc) is 3.08. The maximum atomic E-state index is 11.6. The van der Waals surface area contributed by atoms with E-state index in [1.165, 1.54) is 0 Å². The molecule has 0 saturated heterocycles. The van der Waals surface area contributed by atoms with Crippen LogP contribution in [0.5, 0.6) is 5.75 Å². The SMILES string of the molecule is N#CCOc1ccc(NC(=O)C2(N)CC2)cc1. The van der Waals surface area contributed by atoms with Crippen molar-refractivity contribution < 1.29 is 9.53 Å². The molecule has 2 rings (SSSR count). The van der Waals surface area contributed by atoms with Crippen LogP contribution in [0.2, 0.25) is 0 Å². The molecule has 0 radical (unpaired) electrons. The minimum atomic E-state index is -0.671. The summed E-state index contributed by atoms with van der Waals surface area (Å²) in [6.45, 7) is 0.0115. The number of nitriles is 1. The zero-order valence-corrected chi connectivity index (χ0v) is 9.27. The Morgan fingerprint density at radius 2 is 2.12 bits per heavy atom. The van der Waals surface area contributed by atoms with E-state index in [-0.39, 0.29) is 12.5 Å². The normalized spacial score (nSPS) is 15.8. The molecule has 1 aliphatic carbocycles. The van der Waals surface area contributed by atoms with Gasteiger partial charge in [0, 0.05) is 5.69 Å². The number of hydrogen-bond acceptors (Lipinski definition) is 4. The number of ether oxygens (including phenoxy) is 1. The number of nitrogens with zero attached hydrogens (tertiary/aromatic N) is 1. The number of benzene rings is 1. The van der Waals surface area contributed by atoms with Gasteiger partial charge < -0.3 is 15.8 Å². The lowest BCUT2D eigenvalue weighted by Crippen LogP contribution is -2.37.